The van der Waals surface area contributed by atoms with Crippen LogP contribution >= 0.6 is 0 Å². The van der Waals surface area contributed by atoms with Crippen LogP contribution in [-0.4, -0.2) is 156 Å². The molecule has 42 nitrogen and oxygen atoms in total. The maximum atomic E-state index is 14.0. The van der Waals surface area contributed by atoms with Gasteiger partial charge in [0.15, 0.2) is 0 Å². The van der Waals surface area contributed by atoms with Gasteiger partial charge < -0.3 is 86.6 Å². The number of fused-ring (bicyclic) bond motifs is 3. The zero-order chi connectivity index (χ0) is 84.8. The third kappa shape index (κ3) is 25.3. The predicted molar refractivity (Wildman–Crippen MR) is 405 cm³/mol. The van der Waals surface area contributed by atoms with Crippen molar-refractivity contribution in [3.63, 3.8) is 0 Å². The molecule has 13 aromatic rings. The Hall–Kier alpha value is -3.71. The summed E-state index contributed by atoms with van der Waals surface area (Å²) in [6, 6.07) is 22.6. The first-order valence-electron chi connectivity index (χ1n) is 33.0. The Morgan fingerprint density at radius 1 is 0.268 bits per heavy atom. The fourth-order valence-electron chi connectivity index (χ4n) is 12.4. The van der Waals surface area contributed by atoms with E-state index in [1.165, 1.54) is 180 Å². The SMILES string of the molecule is Cn1cc(N=c2[nH]c(=Nc3cc(C(=O)Nc4cc(C(=O)Nc5ccc6cc(S(=O)(=O)[O-])cc(S(=O)(=O)[O-])c6c5)n(C)c4)n(C)c3)[nH]c(=Nc3cc(C(=O)Nc4cc(C(=O)Nc5ccc6cc(S(=O)(=O)[O-])cc(S(=O)(=O)[O-])c6c5)n(C)c4)n(C)c3)[nH]2)cc1C(=O)Nc1cc(C(=O)Nc2ccc3cc(S(=O)(=O)[O-])cc(S(=O)(=O)[O-])c3c2)n(C)c1.[K+].[K+].[K+].[K+].[K+].[K+]. The Balaban J connectivity index is 0.00000347. The van der Waals surface area contributed by atoms with Crippen molar-refractivity contribution in [3.05, 3.63) is 216 Å². The van der Waals surface area contributed by atoms with Crippen LogP contribution in [0.2, 0.25) is 0 Å². The van der Waals surface area contributed by atoms with Crippen molar-refractivity contribution in [2.24, 2.45) is 57.3 Å². The Morgan fingerprint density at radius 3 is 0.683 bits per heavy atom. The molecule has 7 aromatic heterocycles. The molecule has 0 spiro atoms. The van der Waals surface area contributed by atoms with Crippen molar-refractivity contribution in [2.45, 2.75) is 29.4 Å². The number of carbonyl (C=O) groups is 6. The summed E-state index contributed by atoms with van der Waals surface area (Å²) >= 11 is 0. The number of benzene rings is 6. The van der Waals surface area contributed by atoms with Crippen molar-refractivity contribution in [1.82, 2.24) is 42.4 Å². The van der Waals surface area contributed by atoms with Gasteiger partial charge in [-0.05, 0) is 125 Å². The minimum absolute atomic E-state index is 0. The monoisotopic (exact) mass is 1940 g/mol. The van der Waals surface area contributed by atoms with Gasteiger partial charge in [-0.3, -0.25) is 43.7 Å². The topological polar surface area (TPSA) is 632 Å². The molecular formula is C69H54K6N18O24S6. The molecule has 0 saturated heterocycles. The molecule has 0 aliphatic carbocycles. The maximum Gasteiger partial charge on any atom is 1.00 e. The number of H-pyrrole nitrogens is 3. The van der Waals surface area contributed by atoms with Crippen LogP contribution in [0.25, 0.3) is 32.3 Å². The van der Waals surface area contributed by atoms with Gasteiger partial charge in [0.2, 0.25) is 16.9 Å². The first-order valence-corrected chi connectivity index (χ1v) is 41.4. The smallest absolute Gasteiger partial charge is 0.744 e. The zero-order valence-electron chi connectivity index (χ0n) is 66.4. The number of hydrogen-bond donors (Lipinski definition) is 9. The number of amides is 6. The molecule has 6 aromatic carbocycles. The van der Waals surface area contributed by atoms with E-state index in [4.69, 9.17) is 0 Å². The Morgan fingerprint density at radius 2 is 0.472 bits per heavy atom. The molecule has 606 valence electrons. The molecule has 0 atom stereocenters. The van der Waals surface area contributed by atoms with E-state index in [1.807, 2.05) is 0 Å². The number of aromatic nitrogens is 9. The van der Waals surface area contributed by atoms with E-state index in [-0.39, 0.29) is 443 Å². The second kappa shape index (κ2) is 41.8. The zero-order valence-corrected chi connectivity index (χ0v) is 90.0. The average Bonchev–Trinajstić information content (AvgIpc) is 1.22. The molecule has 0 bridgehead atoms. The number of carbonyl (C=O) groups excluding carboxylic acids is 6. The summed E-state index contributed by atoms with van der Waals surface area (Å²) < 4.78 is 224. The van der Waals surface area contributed by atoms with Gasteiger partial charge in [0.05, 0.1) is 63.5 Å². The number of nitrogens with zero attached hydrogens (tertiary/aromatic N) is 9. The van der Waals surface area contributed by atoms with Crippen molar-refractivity contribution in [2.75, 3.05) is 31.9 Å². The second-order valence-electron chi connectivity index (χ2n) is 26.0. The number of anilines is 6. The molecular weight excluding hydrogens is 1890 g/mol. The fraction of sp³-hybridized carbons (Fsp3) is 0.0870. The number of aryl methyl sites for hydroxylation is 6. The van der Waals surface area contributed by atoms with Crippen LogP contribution in [0.5, 0.6) is 0 Å². The first kappa shape index (κ1) is 106. The molecule has 13 rings (SSSR count). The van der Waals surface area contributed by atoms with Crippen LogP contribution in [0, 0.1) is 0 Å². The summed E-state index contributed by atoms with van der Waals surface area (Å²) in [5, 5.41) is 14.6. The summed E-state index contributed by atoms with van der Waals surface area (Å²) in [6.07, 6.45) is 8.59. The maximum absolute atomic E-state index is 14.0. The molecule has 0 unspecified atom stereocenters. The first-order chi connectivity index (χ1) is 54.6. The summed E-state index contributed by atoms with van der Waals surface area (Å²) in [4.78, 5) is 100. The minimum atomic E-state index is -5.35. The summed E-state index contributed by atoms with van der Waals surface area (Å²) in [7, 11) is -22.6. The van der Waals surface area contributed by atoms with Crippen LogP contribution in [-0.2, 0) is 103 Å². The third-order valence-electron chi connectivity index (χ3n) is 17.7. The molecule has 9 N–H and O–H groups in total. The fourth-order valence-corrected chi connectivity index (χ4v) is 16.4. The predicted octanol–water partition coefficient (Wildman–Crippen LogP) is -14.2. The van der Waals surface area contributed by atoms with Gasteiger partial charge >= 0.3 is 308 Å². The number of nitrogens with one attached hydrogen (secondary N) is 9. The molecule has 54 heteroatoms. The molecule has 0 aliphatic heterocycles. The van der Waals surface area contributed by atoms with E-state index < -0.39 is 126 Å². The standard InChI is InChI=1S/C69H60N18O24S6.6K/c1-82-28-40(19-52(82)61(88)70-37-10-7-34-13-46(112(94,95)96)25-58(49(34)16-37)115(103,104)105)73-64(91)55-22-43(31-85(55)4)76-67-79-68(77-44-23-56(86(5)32-44)65(92)74-41-20-53(83(2)29-41)62(89)71-38-11-8-35-14-47(113(97,98)99)26-59(50(35)17-38)116(106,107)108)81-69(80-67)78-45-24-57(87(6)33-45)66(93)75-42-21-54(84(3)30-42)63(90)72-39-12-9-36-15-48(114(100,101)102)27-60(51(36)18-39)117(109,110)111;;;;;;/h7-33H,1-6H3,(H,70,88)(H,71,89)(H,72,90)(H,73,91)(H,74,92)(H,75,93)(H,94,95,96)(H,97,98,99)(H,100,101,102)(H,103,104,105)(H,106,107,108)(H,109,110,111)(H3,76,77,78,79,80,81);;;;;;/q;6*+1/p-6. The van der Waals surface area contributed by atoms with Gasteiger partial charge in [0.25, 0.3) is 35.4 Å². The van der Waals surface area contributed by atoms with E-state index >= 15 is 0 Å². The van der Waals surface area contributed by atoms with E-state index in [9.17, 15) is 107 Å². The van der Waals surface area contributed by atoms with Crippen LogP contribution in [0.3, 0.4) is 0 Å². The van der Waals surface area contributed by atoms with E-state index in [0.717, 1.165) is 36.4 Å². The Labute approximate surface area is 952 Å². The summed E-state index contributed by atoms with van der Waals surface area (Å²) in [5.41, 5.74) is 0.271. The van der Waals surface area contributed by atoms with Gasteiger partial charge in [-0.15, -0.1) is 0 Å². The molecule has 6 amide bonds. The van der Waals surface area contributed by atoms with E-state index in [2.05, 4.69) is 61.8 Å². The molecule has 0 saturated carbocycles. The van der Waals surface area contributed by atoms with Gasteiger partial charge in [-0.25, -0.2) is 65.5 Å². The van der Waals surface area contributed by atoms with Gasteiger partial charge in [0, 0.05) is 113 Å². The molecule has 0 aliphatic rings. The van der Waals surface area contributed by atoms with Crippen LogP contribution in [0.4, 0.5) is 51.2 Å². The third-order valence-corrected chi connectivity index (χ3v) is 22.8. The average molecular weight is 1950 g/mol. The minimum Gasteiger partial charge on any atom is -0.744 e. The van der Waals surface area contributed by atoms with Crippen molar-refractivity contribution < 1.29 is 415 Å². The molecule has 123 heavy (non-hydrogen) atoms. The van der Waals surface area contributed by atoms with Crippen molar-refractivity contribution >= 4 is 180 Å². The van der Waals surface area contributed by atoms with Gasteiger partial charge in [-0.2, -0.15) is 0 Å². The van der Waals surface area contributed by atoms with Crippen molar-refractivity contribution in [1.29, 1.82) is 0 Å². The number of rotatable bonds is 21. The number of hydrogen-bond acceptors (Lipinski definition) is 27. The van der Waals surface area contributed by atoms with Gasteiger partial charge in [0.1, 0.15) is 94.9 Å². The summed E-state index contributed by atoms with van der Waals surface area (Å²) in [5.74, 6) is -4.48. The quantitative estimate of drug-likeness (QED) is 0.0238. The number of aromatic amines is 3. The summed E-state index contributed by atoms with van der Waals surface area (Å²) in [6.45, 7) is 0. The Kier molecular flexibility index (Phi) is 36.1. The van der Waals surface area contributed by atoms with Crippen molar-refractivity contribution in [3.8, 4) is 0 Å². The molecule has 0 radical (unpaired) electrons. The Bertz CT molecular complexity index is 6820. The second-order valence-corrected chi connectivity index (χ2v) is 34.2. The molecule has 7 heterocycles. The van der Waals surface area contributed by atoms with Crippen LogP contribution in [0.15, 0.2) is 209 Å². The normalized spacial score (nSPS) is 11.6. The van der Waals surface area contributed by atoms with Crippen LogP contribution < -0.4 is 357 Å². The van der Waals surface area contributed by atoms with E-state index in [1.54, 1.807) is 0 Å². The molecule has 0 fully saturated rings. The van der Waals surface area contributed by atoms with E-state index in [0.29, 0.717) is 18.2 Å². The largest absolute Gasteiger partial charge is 1.00 e. The van der Waals surface area contributed by atoms with Crippen LogP contribution in [0.1, 0.15) is 62.9 Å². The van der Waals surface area contributed by atoms with Gasteiger partial charge in [-0.1, -0.05) is 18.2 Å².